The van der Waals surface area contributed by atoms with Gasteiger partial charge in [-0.2, -0.15) is 0 Å². The second kappa shape index (κ2) is 8.70. The van der Waals surface area contributed by atoms with Crippen LogP contribution in [0, 0.1) is 6.92 Å². The lowest BCUT2D eigenvalue weighted by atomic mass is 10.0. The minimum absolute atomic E-state index is 0.181. The molecule has 9 nitrogen and oxygen atoms in total. The molecule has 1 aromatic carbocycles. The van der Waals surface area contributed by atoms with Crippen molar-refractivity contribution in [3.05, 3.63) is 101 Å². The molecule has 166 valence electrons. The number of carbonyl (C=O) groups is 2. The average Bonchev–Trinajstić information content (AvgIpc) is 3.49. The van der Waals surface area contributed by atoms with E-state index in [0.29, 0.717) is 42.4 Å². The molecule has 9 heteroatoms. The van der Waals surface area contributed by atoms with Crippen LogP contribution < -0.4 is 5.32 Å². The smallest absolute Gasteiger partial charge is 0.271 e. The zero-order chi connectivity index (χ0) is 22.8. The fourth-order valence-electron chi connectivity index (χ4n) is 4.03. The van der Waals surface area contributed by atoms with Crippen molar-refractivity contribution < 1.29 is 14.1 Å². The number of amides is 2. The molecular formula is C24H22N6O3. The first-order valence-electron chi connectivity index (χ1n) is 10.6. The topological polar surface area (TPSA) is 106 Å². The predicted octanol–water partition coefficient (Wildman–Crippen LogP) is 2.75. The first kappa shape index (κ1) is 20.6. The Morgan fingerprint density at radius 3 is 2.73 bits per heavy atom. The number of pyridine rings is 1. The van der Waals surface area contributed by atoms with E-state index in [4.69, 9.17) is 4.52 Å². The quantitative estimate of drug-likeness (QED) is 0.509. The molecule has 0 saturated carbocycles. The maximum absolute atomic E-state index is 13.4. The molecule has 0 aliphatic carbocycles. The Bertz CT molecular complexity index is 1280. The molecule has 1 aliphatic rings. The molecule has 1 unspecified atom stereocenters. The van der Waals surface area contributed by atoms with Crippen molar-refractivity contribution in [3.8, 4) is 0 Å². The van der Waals surface area contributed by atoms with Gasteiger partial charge in [0, 0.05) is 38.2 Å². The summed E-state index contributed by atoms with van der Waals surface area (Å²) in [7, 11) is 0. The highest BCUT2D eigenvalue weighted by Crippen LogP contribution is 2.33. The number of nitrogens with zero attached hydrogens (tertiary/aromatic N) is 5. The second-order valence-corrected chi connectivity index (χ2v) is 7.85. The van der Waals surface area contributed by atoms with Gasteiger partial charge < -0.3 is 19.3 Å². The van der Waals surface area contributed by atoms with Gasteiger partial charge in [0.1, 0.15) is 29.4 Å². The lowest BCUT2D eigenvalue weighted by molar-refractivity contribution is 0.0657. The van der Waals surface area contributed by atoms with E-state index >= 15 is 0 Å². The molecule has 1 N–H and O–H groups in total. The van der Waals surface area contributed by atoms with Gasteiger partial charge in [-0.15, -0.1) is 0 Å². The highest BCUT2D eigenvalue weighted by Gasteiger charge is 2.36. The Labute approximate surface area is 190 Å². The molecule has 0 bridgehead atoms. The van der Waals surface area contributed by atoms with Gasteiger partial charge in [-0.1, -0.05) is 41.6 Å². The molecule has 0 saturated heterocycles. The van der Waals surface area contributed by atoms with E-state index in [2.05, 4.69) is 20.4 Å². The molecule has 33 heavy (non-hydrogen) atoms. The zero-order valence-electron chi connectivity index (χ0n) is 18.0. The summed E-state index contributed by atoms with van der Waals surface area (Å²) in [5.41, 5.74) is 3.08. The number of hydrogen-bond donors (Lipinski definition) is 1. The first-order chi connectivity index (χ1) is 16.1. The summed E-state index contributed by atoms with van der Waals surface area (Å²) in [4.78, 5) is 36.7. The van der Waals surface area contributed by atoms with Crippen LogP contribution in [0.3, 0.4) is 0 Å². The van der Waals surface area contributed by atoms with Crippen LogP contribution >= 0.6 is 0 Å². The molecule has 3 aromatic heterocycles. The highest BCUT2D eigenvalue weighted by atomic mass is 16.5. The van der Waals surface area contributed by atoms with Crippen LogP contribution in [-0.2, 0) is 13.1 Å². The van der Waals surface area contributed by atoms with Crippen molar-refractivity contribution in [1.82, 2.24) is 29.9 Å². The van der Waals surface area contributed by atoms with Crippen molar-refractivity contribution >= 4 is 11.8 Å². The summed E-state index contributed by atoms with van der Waals surface area (Å²) in [5, 5.41) is 6.73. The van der Waals surface area contributed by atoms with Crippen molar-refractivity contribution in [3.63, 3.8) is 0 Å². The minimum atomic E-state index is -0.443. The molecule has 1 atom stereocenters. The van der Waals surface area contributed by atoms with E-state index in [1.54, 1.807) is 30.4 Å². The summed E-state index contributed by atoms with van der Waals surface area (Å²) in [5.74, 6) is 0.182. The maximum atomic E-state index is 13.4. The van der Waals surface area contributed by atoms with Crippen LogP contribution in [0.15, 0.2) is 71.8 Å². The third kappa shape index (κ3) is 4.00. The van der Waals surface area contributed by atoms with Crippen molar-refractivity contribution in [2.75, 3.05) is 6.54 Å². The average molecular weight is 442 g/mol. The molecule has 4 heterocycles. The Morgan fingerprint density at radius 1 is 1.15 bits per heavy atom. The van der Waals surface area contributed by atoms with Crippen LogP contribution in [0.25, 0.3) is 0 Å². The second-order valence-electron chi connectivity index (χ2n) is 7.85. The van der Waals surface area contributed by atoms with E-state index in [1.165, 1.54) is 6.26 Å². The number of imidazole rings is 1. The van der Waals surface area contributed by atoms with E-state index in [0.717, 1.165) is 11.1 Å². The van der Waals surface area contributed by atoms with Gasteiger partial charge in [-0.3, -0.25) is 14.6 Å². The lowest BCUT2D eigenvalue weighted by Crippen LogP contribution is -2.42. The molecular weight excluding hydrogens is 420 g/mol. The van der Waals surface area contributed by atoms with Crippen molar-refractivity contribution in [1.29, 1.82) is 0 Å². The van der Waals surface area contributed by atoms with Crippen molar-refractivity contribution in [2.45, 2.75) is 26.1 Å². The van der Waals surface area contributed by atoms with Gasteiger partial charge in [0.05, 0.1) is 5.69 Å². The number of carbonyl (C=O) groups excluding carboxylic acids is 2. The summed E-state index contributed by atoms with van der Waals surface area (Å²) < 4.78 is 6.94. The number of nitrogens with one attached hydrogen (secondary N) is 1. The van der Waals surface area contributed by atoms with E-state index in [9.17, 15) is 9.59 Å². The molecule has 5 rings (SSSR count). The van der Waals surface area contributed by atoms with Gasteiger partial charge in [0.25, 0.3) is 11.8 Å². The number of benzene rings is 1. The van der Waals surface area contributed by atoms with Gasteiger partial charge in [0.15, 0.2) is 0 Å². The number of hydrogen-bond acceptors (Lipinski definition) is 6. The largest absolute Gasteiger partial charge is 0.364 e. The van der Waals surface area contributed by atoms with Gasteiger partial charge in [0.2, 0.25) is 0 Å². The Kier molecular flexibility index (Phi) is 5.43. The Balaban J connectivity index is 1.46. The van der Waals surface area contributed by atoms with E-state index in [1.807, 2.05) is 47.0 Å². The molecule has 1 aliphatic heterocycles. The molecule has 2 amide bonds. The van der Waals surface area contributed by atoms with Gasteiger partial charge in [-0.05, 0) is 24.1 Å². The number of rotatable bonds is 5. The number of fused-ring (bicyclic) bond motifs is 1. The first-order valence-corrected chi connectivity index (χ1v) is 10.6. The summed E-state index contributed by atoms with van der Waals surface area (Å²) >= 11 is 0. The summed E-state index contributed by atoms with van der Waals surface area (Å²) in [6, 6.07) is 13.0. The minimum Gasteiger partial charge on any atom is -0.364 e. The third-order valence-electron chi connectivity index (χ3n) is 5.71. The van der Waals surface area contributed by atoms with E-state index in [-0.39, 0.29) is 11.8 Å². The van der Waals surface area contributed by atoms with Gasteiger partial charge >= 0.3 is 0 Å². The molecule has 4 aromatic rings. The number of aromatic nitrogens is 4. The Morgan fingerprint density at radius 2 is 2.00 bits per heavy atom. The summed E-state index contributed by atoms with van der Waals surface area (Å²) in [6.07, 6.45) is 6.52. The molecule has 0 spiro atoms. The molecule has 0 radical (unpaired) electrons. The van der Waals surface area contributed by atoms with Crippen LogP contribution in [0.4, 0.5) is 0 Å². The third-order valence-corrected chi connectivity index (χ3v) is 5.71. The highest BCUT2D eigenvalue weighted by molar-refractivity contribution is 5.95. The summed E-state index contributed by atoms with van der Waals surface area (Å²) in [6.45, 7) is 3.08. The maximum Gasteiger partial charge on any atom is 0.271 e. The van der Waals surface area contributed by atoms with Crippen LogP contribution in [0.2, 0.25) is 0 Å². The lowest BCUT2D eigenvalue weighted by Gasteiger charge is -2.36. The Hall–Kier alpha value is -4.27. The van der Waals surface area contributed by atoms with Crippen LogP contribution in [0.5, 0.6) is 0 Å². The zero-order valence-corrected chi connectivity index (χ0v) is 18.0. The monoisotopic (exact) mass is 442 g/mol. The SMILES string of the molecule is Cc1nocc1C(=O)N1CCn2cc(C(=O)NCc3cccnc3)nc2C1c1ccccc1. The van der Waals surface area contributed by atoms with Gasteiger partial charge in [-0.25, -0.2) is 4.98 Å². The van der Waals surface area contributed by atoms with E-state index < -0.39 is 6.04 Å². The van der Waals surface area contributed by atoms with Crippen LogP contribution in [0.1, 0.15) is 49.5 Å². The fraction of sp³-hybridized carbons (Fsp3) is 0.208. The standard InChI is InChI=1S/C24H22N6O3/c1-16-19(15-33-28-16)24(32)30-11-10-29-14-20(23(31)26-13-17-6-5-9-25-12-17)27-22(29)21(30)18-7-3-2-4-8-18/h2-9,12,14-15,21H,10-11,13H2,1H3,(H,26,31). The van der Waals surface area contributed by atoms with Crippen LogP contribution in [-0.4, -0.2) is 43.0 Å². The normalized spacial score (nSPS) is 15.2. The number of aryl methyl sites for hydroxylation is 1. The van der Waals surface area contributed by atoms with Crippen molar-refractivity contribution in [2.24, 2.45) is 0 Å². The fourth-order valence-corrected chi connectivity index (χ4v) is 4.03. The molecule has 0 fully saturated rings. The predicted molar refractivity (Wildman–Crippen MR) is 118 cm³/mol.